The lowest BCUT2D eigenvalue weighted by Gasteiger charge is -2.05. The Bertz CT molecular complexity index is 273. The number of methoxy groups -OCH3 is 1. The minimum atomic E-state index is -0.557. The molecule has 2 heteroatoms. The Kier molecular flexibility index (Phi) is 3.94. The topological polar surface area (TPSA) is 26.3 Å². The smallest absolute Gasteiger partial charge is 0.385 e. The molecular weight excluding hydrogens is 152 g/mol. The number of rotatable bonds is 0. The van der Waals surface area contributed by atoms with Gasteiger partial charge in [0.05, 0.1) is 7.11 Å². The summed E-state index contributed by atoms with van der Waals surface area (Å²) in [6, 6.07) is 0. The normalized spacial score (nSPS) is 8.67. The maximum atomic E-state index is 10.5. The summed E-state index contributed by atoms with van der Waals surface area (Å²) in [5.74, 6) is 9.52. The molecule has 0 aliphatic rings. The lowest BCUT2D eigenvalue weighted by molar-refractivity contribution is -0.133. The third-order valence-corrected chi connectivity index (χ3v) is 0.850. The van der Waals surface area contributed by atoms with Crippen molar-refractivity contribution in [1.29, 1.82) is 0 Å². The summed E-state index contributed by atoms with van der Waals surface area (Å²) < 4.78 is 4.30. The van der Waals surface area contributed by atoms with E-state index in [-0.39, 0.29) is 5.41 Å². The van der Waals surface area contributed by atoms with Crippen LogP contribution in [0.4, 0.5) is 0 Å². The maximum Gasteiger partial charge on any atom is 0.385 e. The Labute approximate surface area is 73.3 Å². The molecule has 0 spiro atoms. The standard InChI is InChI=1S/C10H12O2/c1-10(2,3)8-6-5-7-9(11)12-4/h1-4H3. The molecule has 0 saturated heterocycles. The van der Waals surface area contributed by atoms with Gasteiger partial charge in [0.15, 0.2) is 0 Å². The van der Waals surface area contributed by atoms with Crippen molar-refractivity contribution < 1.29 is 9.53 Å². The zero-order valence-electron chi connectivity index (χ0n) is 7.82. The van der Waals surface area contributed by atoms with E-state index < -0.39 is 5.97 Å². The number of hydrogen-bond acceptors (Lipinski definition) is 2. The molecule has 0 atom stereocenters. The van der Waals surface area contributed by atoms with Crippen molar-refractivity contribution in [3.05, 3.63) is 0 Å². The van der Waals surface area contributed by atoms with Gasteiger partial charge in [0.25, 0.3) is 0 Å². The molecule has 0 aliphatic carbocycles. The second-order valence-corrected chi connectivity index (χ2v) is 3.24. The summed E-state index contributed by atoms with van der Waals surface area (Å²) in [4.78, 5) is 10.5. The molecule has 2 nitrogen and oxygen atoms in total. The summed E-state index contributed by atoms with van der Waals surface area (Å²) in [6.07, 6.45) is 0. The van der Waals surface area contributed by atoms with Crippen molar-refractivity contribution in [1.82, 2.24) is 0 Å². The molecule has 0 fully saturated rings. The number of esters is 1. The highest BCUT2D eigenvalue weighted by molar-refractivity contribution is 5.88. The SMILES string of the molecule is COC(=O)C#CC#CC(C)(C)C. The largest absolute Gasteiger partial charge is 0.459 e. The van der Waals surface area contributed by atoms with Gasteiger partial charge in [-0.3, -0.25) is 0 Å². The lowest BCUT2D eigenvalue weighted by Crippen LogP contribution is -1.99. The van der Waals surface area contributed by atoms with Gasteiger partial charge < -0.3 is 4.74 Å². The minimum Gasteiger partial charge on any atom is -0.459 e. The third-order valence-electron chi connectivity index (χ3n) is 0.850. The first-order valence-electron chi connectivity index (χ1n) is 3.57. The first kappa shape index (κ1) is 10.6. The Balaban J connectivity index is 4.16. The molecule has 0 unspecified atom stereocenters. The van der Waals surface area contributed by atoms with E-state index in [0.717, 1.165) is 0 Å². The van der Waals surface area contributed by atoms with E-state index in [0.29, 0.717) is 0 Å². The Morgan fingerprint density at radius 3 is 2.25 bits per heavy atom. The van der Waals surface area contributed by atoms with Gasteiger partial charge in [-0.05, 0) is 32.6 Å². The van der Waals surface area contributed by atoms with Crippen molar-refractivity contribution in [2.24, 2.45) is 5.41 Å². The van der Waals surface area contributed by atoms with Gasteiger partial charge in [-0.1, -0.05) is 5.92 Å². The predicted molar refractivity (Wildman–Crippen MR) is 47.0 cm³/mol. The fourth-order valence-corrected chi connectivity index (χ4v) is 0.352. The van der Waals surface area contributed by atoms with Gasteiger partial charge in [0, 0.05) is 11.3 Å². The molecular formula is C10H12O2. The van der Waals surface area contributed by atoms with Crippen LogP contribution in [0.5, 0.6) is 0 Å². The van der Waals surface area contributed by atoms with Crippen LogP contribution in [0.2, 0.25) is 0 Å². The fraction of sp³-hybridized carbons (Fsp3) is 0.500. The maximum absolute atomic E-state index is 10.5. The zero-order chi connectivity index (χ0) is 9.61. The van der Waals surface area contributed by atoms with Crippen LogP contribution in [0, 0.1) is 29.1 Å². The summed E-state index contributed by atoms with van der Waals surface area (Å²) in [6.45, 7) is 5.92. The molecule has 0 radical (unpaired) electrons. The Morgan fingerprint density at radius 2 is 1.83 bits per heavy atom. The number of carbonyl (C=O) groups excluding carboxylic acids is 1. The fourth-order valence-electron chi connectivity index (χ4n) is 0.352. The van der Waals surface area contributed by atoms with E-state index in [1.54, 1.807) is 0 Å². The molecule has 0 rings (SSSR count). The van der Waals surface area contributed by atoms with E-state index in [2.05, 4.69) is 28.4 Å². The molecule has 0 heterocycles. The van der Waals surface area contributed by atoms with E-state index in [4.69, 9.17) is 0 Å². The van der Waals surface area contributed by atoms with Crippen LogP contribution in [0.15, 0.2) is 0 Å². The van der Waals surface area contributed by atoms with Crippen LogP contribution in [0.25, 0.3) is 0 Å². The number of carbonyl (C=O) groups is 1. The number of hydrogen-bond donors (Lipinski definition) is 0. The van der Waals surface area contributed by atoms with Crippen molar-refractivity contribution in [3.8, 4) is 23.7 Å². The molecule has 0 aliphatic heterocycles. The molecule has 0 saturated carbocycles. The van der Waals surface area contributed by atoms with Crippen LogP contribution in [-0.4, -0.2) is 13.1 Å². The molecule has 0 amide bonds. The highest BCUT2D eigenvalue weighted by Gasteiger charge is 2.02. The third kappa shape index (κ3) is 6.71. The lowest BCUT2D eigenvalue weighted by atomic mass is 9.98. The van der Waals surface area contributed by atoms with Crippen LogP contribution in [0.1, 0.15) is 20.8 Å². The highest BCUT2D eigenvalue weighted by atomic mass is 16.5. The van der Waals surface area contributed by atoms with Crippen molar-refractivity contribution in [3.63, 3.8) is 0 Å². The van der Waals surface area contributed by atoms with E-state index in [1.807, 2.05) is 20.8 Å². The molecule has 0 aromatic heterocycles. The van der Waals surface area contributed by atoms with E-state index >= 15 is 0 Å². The average molecular weight is 164 g/mol. The van der Waals surface area contributed by atoms with Crippen LogP contribution >= 0.6 is 0 Å². The monoisotopic (exact) mass is 164 g/mol. The minimum absolute atomic E-state index is 0.0786. The molecule has 0 aromatic rings. The molecule has 0 N–H and O–H groups in total. The van der Waals surface area contributed by atoms with Gasteiger partial charge >= 0.3 is 5.97 Å². The van der Waals surface area contributed by atoms with Crippen LogP contribution in [0.3, 0.4) is 0 Å². The molecule has 12 heavy (non-hydrogen) atoms. The quantitative estimate of drug-likeness (QED) is 0.305. The highest BCUT2D eigenvalue weighted by Crippen LogP contribution is 2.09. The zero-order valence-corrected chi connectivity index (χ0v) is 7.82. The van der Waals surface area contributed by atoms with Crippen molar-refractivity contribution in [2.75, 3.05) is 7.11 Å². The molecule has 0 bridgehead atoms. The summed E-state index contributed by atoms with van der Waals surface area (Å²) in [5.41, 5.74) is -0.0786. The predicted octanol–water partition coefficient (Wildman–Crippen LogP) is 1.21. The summed E-state index contributed by atoms with van der Waals surface area (Å²) in [5, 5.41) is 0. The molecule has 0 aromatic carbocycles. The van der Waals surface area contributed by atoms with Gasteiger partial charge in [0.1, 0.15) is 0 Å². The first-order valence-corrected chi connectivity index (χ1v) is 3.57. The van der Waals surface area contributed by atoms with E-state index in [9.17, 15) is 4.79 Å². The van der Waals surface area contributed by atoms with Crippen molar-refractivity contribution >= 4 is 5.97 Å². The van der Waals surface area contributed by atoms with Crippen molar-refractivity contribution in [2.45, 2.75) is 20.8 Å². The second-order valence-electron chi connectivity index (χ2n) is 3.24. The van der Waals surface area contributed by atoms with Gasteiger partial charge in [-0.2, -0.15) is 0 Å². The Morgan fingerprint density at radius 1 is 1.25 bits per heavy atom. The average Bonchev–Trinajstić information content (AvgIpc) is 1.96. The van der Waals surface area contributed by atoms with E-state index in [1.165, 1.54) is 7.11 Å². The first-order chi connectivity index (χ1) is 5.45. The Hall–Kier alpha value is -1.41. The van der Waals surface area contributed by atoms with Crippen LogP contribution in [-0.2, 0) is 9.53 Å². The van der Waals surface area contributed by atoms with Gasteiger partial charge in [0.2, 0.25) is 0 Å². The summed E-state index contributed by atoms with van der Waals surface area (Å²) >= 11 is 0. The van der Waals surface area contributed by atoms with Crippen LogP contribution < -0.4 is 0 Å². The van der Waals surface area contributed by atoms with Gasteiger partial charge in [-0.25, -0.2) is 4.79 Å². The summed E-state index contributed by atoms with van der Waals surface area (Å²) in [7, 11) is 1.29. The molecule has 64 valence electrons. The van der Waals surface area contributed by atoms with Gasteiger partial charge in [-0.15, -0.1) is 0 Å². The second kappa shape index (κ2) is 4.46. The number of ether oxygens (including phenoxy) is 1.